The lowest BCUT2D eigenvalue weighted by atomic mass is 10.0. The van der Waals surface area contributed by atoms with Gasteiger partial charge in [0.05, 0.1) is 24.4 Å². The predicted molar refractivity (Wildman–Crippen MR) is 100.0 cm³/mol. The standard InChI is InChI=1S/C21H21FN2O3/c1-14(13-27-19-5-3-4-16(10-19)11-21(25)26)20-12-24(23-15(20)2)18-8-6-17(22)7-9-18/h3-10,12,14H,11,13H2,1-2H3,(H,25,26). The maximum atomic E-state index is 13.1. The van der Waals surface area contributed by atoms with Gasteiger partial charge in [-0.2, -0.15) is 5.10 Å². The third kappa shape index (κ3) is 4.73. The van der Waals surface area contributed by atoms with Crippen molar-refractivity contribution in [1.82, 2.24) is 9.78 Å². The van der Waals surface area contributed by atoms with E-state index >= 15 is 0 Å². The van der Waals surface area contributed by atoms with Crippen LogP contribution in [0, 0.1) is 12.7 Å². The molecule has 140 valence electrons. The number of nitrogens with zero attached hydrogens (tertiary/aromatic N) is 2. The molecule has 6 heteroatoms. The van der Waals surface area contributed by atoms with Crippen LogP contribution in [0.1, 0.15) is 29.7 Å². The van der Waals surface area contributed by atoms with Crippen LogP contribution < -0.4 is 4.74 Å². The number of aryl methyl sites for hydroxylation is 1. The second-order valence-electron chi connectivity index (χ2n) is 6.52. The minimum absolute atomic E-state index is 0.0314. The minimum atomic E-state index is -0.871. The van der Waals surface area contributed by atoms with E-state index in [1.165, 1.54) is 12.1 Å². The summed E-state index contributed by atoms with van der Waals surface area (Å²) in [6.07, 6.45) is 1.90. The van der Waals surface area contributed by atoms with E-state index in [4.69, 9.17) is 9.84 Å². The van der Waals surface area contributed by atoms with Gasteiger partial charge in [0.25, 0.3) is 0 Å². The summed E-state index contributed by atoms with van der Waals surface area (Å²) in [5.74, 6) is -0.425. The first kappa shape index (κ1) is 18.6. The Balaban J connectivity index is 1.69. The van der Waals surface area contributed by atoms with Crippen LogP contribution in [0.3, 0.4) is 0 Å². The normalized spacial score (nSPS) is 12.0. The first-order valence-corrected chi connectivity index (χ1v) is 8.68. The molecule has 2 aromatic carbocycles. The zero-order chi connectivity index (χ0) is 19.4. The molecule has 0 aliphatic carbocycles. The molecule has 0 fully saturated rings. The predicted octanol–water partition coefficient (Wildman–Crippen LogP) is 4.13. The maximum absolute atomic E-state index is 13.1. The molecule has 3 rings (SSSR count). The number of aliphatic carboxylic acids is 1. The molecule has 27 heavy (non-hydrogen) atoms. The van der Waals surface area contributed by atoms with E-state index in [2.05, 4.69) is 5.10 Å². The van der Waals surface area contributed by atoms with Crippen molar-refractivity contribution in [3.8, 4) is 11.4 Å². The second kappa shape index (κ2) is 8.03. The molecule has 0 bridgehead atoms. The summed E-state index contributed by atoms with van der Waals surface area (Å²) in [4.78, 5) is 10.8. The molecule has 0 amide bonds. The number of hydrogen-bond donors (Lipinski definition) is 1. The molecule has 0 radical (unpaired) electrons. The Bertz CT molecular complexity index is 935. The van der Waals surface area contributed by atoms with Crippen molar-refractivity contribution in [1.29, 1.82) is 0 Å². The number of ether oxygens (including phenoxy) is 1. The van der Waals surface area contributed by atoms with E-state index in [1.54, 1.807) is 35.0 Å². The molecular formula is C21H21FN2O3. The van der Waals surface area contributed by atoms with E-state index in [-0.39, 0.29) is 18.2 Å². The van der Waals surface area contributed by atoms with Crippen LogP contribution in [0.25, 0.3) is 5.69 Å². The summed E-state index contributed by atoms with van der Waals surface area (Å²) < 4.78 is 20.7. The van der Waals surface area contributed by atoms with Gasteiger partial charge >= 0.3 is 5.97 Å². The van der Waals surface area contributed by atoms with Gasteiger partial charge in [-0.15, -0.1) is 0 Å². The molecule has 1 N–H and O–H groups in total. The number of carbonyl (C=O) groups is 1. The molecule has 0 aliphatic rings. The fraction of sp³-hybridized carbons (Fsp3) is 0.238. The van der Waals surface area contributed by atoms with Gasteiger partial charge in [-0.25, -0.2) is 9.07 Å². The van der Waals surface area contributed by atoms with Crippen molar-refractivity contribution in [3.05, 3.63) is 77.4 Å². The quantitative estimate of drug-likeness (QED) is 0.681. The lowest BCUT2D eigenvalue weighted by Gasteiger charge is -2.13. The minimum Gasteiger partial charge on any atom is -0.493 e. The molecule has 0 aliphatic heterocycles. The average molecular weight is 368 g/mol. The smallest absolute Gasteiger partial charge is 0.307 e. The van der Waals surface area contributed by atoms with Gasteiger partial charge in [-0.1, -0.05) is 19.1 Å². The fourth-order valence-corrected chi connectivity index (χ4v) is 2.91. The fourth-order valence-electron chi connectivity index (χ4n) is 2.91. The molecule has 1 unspecified atom stereocenters. The largest absolute Gasteiger partial charge is 0.493 e. The Kier molecular flexibility index (Phi) is 5.54. The molecule has 1 heterocycles. The molecule has 3 aromatic rings. The summed E-state index contributed by atoms with van der Waals surface area (Å²) in [5.41, 5.74) is 3.42. The first-order chi connectivity index (χ1) is 12.9. The number of benzene rings is 2. The highest BCUT2D eigenvalue weighted by Gasteiger charge is 2.14. The van der Waals surface area contributed by atoms with Crippen molar-refractivity contribution in [2.75, 3.05) is 6.61 Å². The molecule has 5 nitrogen and oxygen atoms in total. The van der Waals surface area contributed by atoms with Gasteiger partial charge in [-0.05, 0) is 54.4 Å². The van der Waals surface area contributed by atoms with Gasteiger partial charge in [0.2, 0.25) is 0 Å². The zero-order valence-corrected chi connectivity index (χ0v) is 15.2. The third-order valence-electron chi connectivity index (χ3n) is 4.31. The molecule has 1 atom stereocenters. The van der Waals surface area contributed by atoms with Crippen LogP contribution in [0.4, 0.5) is 4.39 Å². The number of carboxylic acid groups (broad SMARTS) is 1. The Morgan fingerprint density at radius 2 is 2.00 bits per heavy atom. The molecular weight excluding hydrogens is 347 g/mol. The van der Waals surface area contributed by atoms with Crippen molar-refractivity contribution < 1.29 is 19.0 Å². The summed E-state index contributed by atoms with van der Waals surface area (Å²) in [6, 6.07) is 13.3. The van der Waals surface area contributed by atoms with Gasteiger partial charge in [0, 0.05) is 12.1 Å². The SMILES string of the molecule is Cc1nn(-c2ccc(F)cc2)cc1C(C)COc1cccc(CC(=O)O)c1. The Hall–Kier alpha value is -3.15. The monoisotopic (exact) mass is 368 g/mol. The first-order valence-electron chi connectivity index (χ1n) is 8.68. The van der Waals surface area contributed by atoms with Crippen molar-refractivity contribution >= 4 is 5.97 Å². The molecule has 0 spiro atoms. The lowest BCUT2D eigenvalue weighted by Crippen LogP contribution is -2.08. The van der Waals surface area contributed by atoms with Crippen molar-refractivity contribution in [3.63, 3.8) is 0 Å². The third-order valence-corrected chi connectivity index (χ3v) is 4.31. The average Bonchev–Trinajstić information content (AvgIpc) is 3.02. The molecule has 0 saturated heterocycles. The van der Waals surface area contributed by atoms with Crippen LogP contribution >= 0.6 is 0 Å². The highest BCUT2D eigenvalue weighted by molar-refractivity contribution is 5.70. The van der Waals surface area contributed by atoms with E-state index in [0.717, 1.165) is 16.9 Å². The maximum Gasteiger partial charge on any atom is 0.307 e. The Labute approximate surface area is 157 Å². The van der Waals surface area contributed by atoms with E-state index in [9.17, 15) is 9.18 Å². The summed E-state index contributed by atoms with van der Waals surface area (Å²) in [6.45, 7) is 4.41. The summed E-state index contributed by atoms with van der Waals surface area (Å²) in [5, 5.41) is 13.4. The molecule has 0 saturated carbocycles. The van der Waals surface area contributed by atoms with Gasteiger partial charge in [0.15, 0.2) is 0 Å². The van der Waals surface area contributed by atoms with Gasteiger partial charge in [0.1, 0.15) is 11.6 Å². The number of rotatable bonds is 7. The second-order valence-corrected chi connectivity index (χ2v) is 6.52. The lowest BCUT2D eigenvalue weighted by molar-refractivity contribution is -0.136. The van der Waals surface area contributed by atoms with Gasteiger partial charge < -0.3 is 9.84 Å². The number of carboxylic acids is 1. The van der Waals surface area contributed by atoms with E-state index < -0.39 is 5.97 Å². The van der Waals surface area contributed by atoms with E-state index in [0.29, 0.717) is 17.9 Å². The summed E-state index contributed by atoms with van der Waals surface area (Å²) in [7, 11) is 0. The zero-order valence-electron chi connectivity index (χ0n) is 15.2. The highest BCUT2D eigenvalue weighted by Crippen LogP contribution is 2.23. The topological polar surface area (TPSA) is 64.4 Å². The Morgan fingerprint density at radius 1 is 1.26 bits per heavy atom. The number of halogens is 1. The van der Waals surface area contributed by atoms with Crippen molar-refractivity contribution in [2.24, 2.45) is 0 Å². The van der Waals surface area contributed by atoms with Crippen molar-refractivity contribution in [2.45, 2.75) is 26.2 Å². The molecule has 1 aromatic heterocycles. The van der Waals surface area contributed by atoms with Gasteiger partial charge in [-0.3, -0.25) is 4.79 Å². The van der Waals surface area contributed by atoms with Crippen LogP contribution in [0.15, 0.2) is 54.7 Å². The van der Waals surface area contributed by atoms with Crippen LogP contribution in [-0.4, -0.2) is 27.5 Å². The van der Waals surface area contributed by atoms with Crippen LogP contribution in [0.5, 0.6) is 5.75 Å². The van der Waals surface area contributed by atoms with Crippen LogP contribution in [-0.2, 0) is 11.2 Å². The summed E-state index contributed by atoms with van der Waals surface area (Å²) >= 11 is 0. The van der Waals surface area contributed by atoms with Crippen LogP contribution in [0.2, 0.25) is 0 Å². The van der Waals surface area contributed by atoms with E-state index in [1.807, 2.05) is 26.1 Å². The number of aromatic nitrogens is 2. The highest BCUT2D eigenvalue weighted by atomic mass is 19.1. The Morgan fingerprint density at radius 3 is 2.70 bits per heavy atom. The number of hydrogen-bond acceptors (Lipinski definition) is 3.